The molecule has 0 bridgehead atoms. The quantitative estimate of drug-likeness (QED) is 0.355. The van der Waals surface area contributed by atoms with Crippen LogP contribution in [-0.2, 0) is 11.2 Å². The zero-order chi connectivity index (χ0) is 21.5. The van der Waals surface area contributed by atoms with Gasteiger partial charge in [0.05, 0.1) is 29.3 Å². The number of hydrogen-bond donors (Lipinski definition) is 1. The average Bonchev–Trinajstić information content (AvgIpc) is 2.71. The summed E-state index contributed by atoms with van der Waals surface area (Å²) in [5, 5.41) is 15.7. The third-order valence-electron chi connectivity index (χ3n) is 5.69. The van der Waals surface area contributed by atoms with Crippen molar-refractivity contribution >= 4 is 22.5 Å². The van der Waals surface area contributed by atoms with E-state index in [-0.39, 0.29) is 12.0 Å². The first-order valence-corrected chi connectivity index (χ1v) is 10.3. The van der Waals surface area contributed by atoms with Crippen molar-refractivity contribution in [3.05, 3.63) is 65.0 Å². The van der Waals surface area contributed by atoms with Crippen molar-refractivity contribution in [1.29, 1.82) is 0 Å². The monoisotopic (exact) mass is 402 g/mol. The molecule has 1 aliphatic carbocycles. The van der Waals surface area contributed by atoms with Crippen molar-refractivity contribution in [2.75, 3.05) is 6.61 Å². The third-order valence-corrected chi connectivity index (χ3v) is 5.69. The van der Waals surface area contributed by atoms with Gasteiger partial charge in [0, 0.05) is 11.1 Å². The molecular formula is C25H26N2O3. The summed E-state index contributed by atoms with van der Waals surface area (Å²) >= 11 is 0. The second-order valence-corrected chi connectivity index (χ2v) is 8.58. The van der Waals surface area contributed by atoms with Gasteiger partial charge in [-0.1, -0.05) is 61.5 Å². The Morgan fingerprint density at radius 3 is 2.60 bits per heavy atom. The molecule has 30 heavy (non-hydrogen) atoms. The van der Waals surface area contributed by atoms with Crippen molar-refractivity contribution < 1.29 is 14.7 Å². The fourth-order valence-corrected chi connectivity index (χ4v) is 4.51. The normalized spacial score (nSPS) is 16.5. The largest absolute Gasteiger partial charge is 0.462 e. The number of oxime groups is 1. The number of nitrogens with zero attached hydrogens (tertiary/aromatic N) is 2. The Hall–Kier alpha value is -3.21. The molecule has 0 saturated heterocycles. The van der Waals surface area contributed by atoms with Crippen LogP contribution >= 0.6 is 0 Å². The van der Waals surface area contributed by atoms with E-state index >= 15 is 0 Å². The molecule has 1 heterocycles. The second-order valence-electron chi connectivity index (χ2n) is 8.58. The van der Waals surface area contributed by atoms with Gasteiger partial charge in [0.15, 0.2) is 0 Å². The maximum atomic E-state index is 13.0. The lowest BCUT2D eigenvalue weighted by molar-refractivity contribution is 0.0526. The number of carbonyl (C=O) groups excluding carboxylic acids is 1. The summed E-state index contributed by atoms with van der Waals surface area (Å²) in [5.41, 5.74) is 4.81. The molecule has 4 rings (SSSR count). The van der Waals surface area contributed by atoms with E-state index in [1.165, 1.54) is 0 Å². The van der Waals surface area contributed by atoms with E-state index in [4.69, 9.17) is 9.72 Å². The van der Waals surface area contributed by atoms with Gasteiger partial charge in [0.2, 0.25) is 0 Å². The fraction of sp³-hybridized carbons (Fsp3) is 0.320. The Labute approximate surface area is 176 Å². The van der Waals surface area contributed by atoms with E-state index in [2.05, 4.69) is 19.0 Å². The summed E-state index contributed by atoms with van der Waals surface area (Å²) in [6, 6.07) is 14.1. The molecule has 0 aliphatic heterocycles. The lowest BCUT2D eigenvalue weighted by atomic mass is 9.72. The van der Waals surface area contributed by atoms with Gasteiger partial charge in [0.25, 0.3) is 0 Å². The smallest absolute Gasteiger partial charge is 0.340 e. The molecular weight excluding hydrogens is 376 g/mol. The molecule has 0 spiro atoms. The highest BCUT2D eigenvalue weighted by molar-refractivity contribution is 6.15. The Morgan fingerprint density at radius 1 is 1.13 bits per heavy atom. The van der Waals surface area contributed by atoms with Crippen molar-refractivity contribution in [3.63, 3.8) is 0 Å². The minimum absolute atomic E-state index is 0.0878. The van der Waals surface area contributed by atoms with Crippen LogP contribution in [0.1, 0.15) is 54.5 Å². The molecule has 0 amide bonds. The molecule has 0 unspecified atom stereocenters. The maximum Gasteiger partial charge on any atom is 0.340 e. The molecule has 0 atom stereocenters. The van der Waals surface area contributed by atoms with Gasteiger partial charge in [-0.05, 0) is 48.4 Å². The number of carbonyl (C=O) groups is 1. The van der Waals surface area contributed by atoms with Crippen LogP contribution in [0, 0.1) is 12.3 Å². The van der Waals surface area contributed by atoms with Crippen LogP contribution in [0.5, 0.6) is 0 Å². The zero-order valence-electron chi connectivity index (χ0n) is 17.8. The molecule has 1 aliphatic rings. The van der Waals surface area contributed by atoms with Crippen LogP contribution in [0.4, 0.5) is 0 Å². The highest BCUT2D eigenvalue weighted by atomic mass is 16.5. The summed E-state index contributed by atoms with van der Waals surface area (Å²) in [6.45, 7) is 8.18. The number of aryl methyl sites for hydroxylation is 1. The van der Waals surface area contributed by atoms with Crippen molar-refractivity contribution in [2.45, 2.75) is 40.5 Å². The fourth-order valence-electron chi connectivity index (χ4n) is 4.51. The van der Waals surface area contributed by atoms with Crippen LogP contribution in [0.2, 0.25) is 0 Å². The maximum absolute atomic E-state index is 13.0. The molecule has 5 nitrogen and oxygen atoms in total. The predicted molar refractivity (Wildman–Crippen MR) is 118 cm³/mol. The first-order chi connectivity index (χ1) is 14.4. The number of ether oxygens (including phenoxy) is 1. The minimum Gasteiger partial charge on any atom is -0.462 e. The lowest BCUT2D eigenvalue weighted by Crippen LogP contribution is -2.30. The lowest BCUT2D eigenvalue weighted by Gasteiger charge is -2.33. The van der Waals surface area contributed by atoms with Crippen molar-refractivity contribution in [1.82, 2.24) is 4.98 Å². The number of hydrogen-bond acceptors (Lipinski definition) is 5. The number of pyridine rings is 1. The number of aromatic nitrogens is 1. The highest BCUT2D eigenvalue weighted by Gasteiger charge is 2.36. The number of rotatable bonds is 3. The Morgan fingerprint density at radius 2 is 1.87 bits per heavy atom. The van der Waals surface area contributed by atoms with Gasteiger partial charge in [0.1, 0.15) is 0 Å². The summed E-state index contributed by atoms with van der Waals surface area (Å²) in [5.74, 6) is -0.407. The van der Waals surface area contributed by atoms with Crippen LogP contribution in [0.25, 0.3) is 21.9 Å². The van der Waals surface area contributed by atoms with E-state index < -0.39 is 5.97 Å². The van der Waals surface area contributed by atoms with Crippen LogP contribution in [0.3, 0.4) is 0 Å². The summed E-state index contributed by atoms with van der Waals surface area (Å²) in [7, 11) is 0. The third kappa shape index (κ3) is 3.34. The Kier molecular flexibility index (Phi) is 5.06. The van der Waals surface area contributed by atoms with Crippen LogP contribution < -0.4 is 0 Å². The topological polar surface area (TPSA) is 71.8 Å². The molecule has 2 aromatic carbocycles. The van der Waals surface area contributed by atoms with E-state index in [0.717, 1.165) is 39.6 Å². The number of benzene rings is 2. The average molecular weight is 402 g/mol. The number of esters is 1. The van der Waals surface area contributed by atoms with Crippen molar-refractivity contribution in [2.24, 2.45) is 10.6 Å². The Bertz CT molecular complexity index is 1170. The summed E-state index contributed by atoms with van der Waals surface area (Å²) in [6.07, 6.45) is 1.34. The van der Waals surface area contributed by atoms with E-state index in [1.807, 2.05) is 49.4 Å². The molecule has 5 heteroatoms. The van der Waals surface area contributed by atoms with Gasteiger partial charge in [-0.15, -0.1) is 0 Å². The summed E-state index contributed by atoms with van der Waals surface area (Å²) < 4.78 is 5.40. The van der Waals surface area contributed by atoms with E-state index in [9.17, 15) is 10.0 Å². The van der Waals surface area contributed by atoms with Gasteiger partial charge in [-0.2, -0.15) is 0 Å². The predicted octanol–water partition coefficient (Wildman–Crippen LogP) is 5.54. The summed E-state index contributed by atoms with van der Waals surface area (Å²) in [4.78, 5) is 17.8. The van der Waals surface area contributed by atoms with Gasteiger partial charge < -0.3 is 9.94 Å². The molecule has 1 N–H and O–H groups in total. The molecule has 1 aromatic heterocycles. The van der Waals surface area contributed by atoms with Crippen LogP contribution in [0.15, 0.2) is 47.6 Å². The van der Waals surface area contributed by atoms with Gasteiger partial charge in [-0.3, -0.25) is 4.98 Å². The SMILES string of the molecule is CCOC(=O)c1c(C)nc2c(c1-c1cccc3ccccc13)/C(=N/O)CC(C)(C)C2. The molecule has 154 valence electrons. The van der Waals surface area contributed by atoms with Crippen LogP contribution in [-0.4, -0.2) is 28.5 Å². The van der Waals surface area contributed by atoms with Crippen molar-refractivity contribution in [3.8, 4) is 11.1 Å². The van der Waals surface area contributed by atoms with E-state index in [0.29, 0.717) is 23.4 Å². The standard InChI is InChI=1S/C25H26N2O3/c1-5-30-24(28)21-15(2)26-19-13-25(3,4)14-20(27-29)23(19)22(21)18-12-8-10-16-9-6-7-11-17(16)18/h6-12,29H,5,13-14H2,1-4H3/b27-20+. The van der Waals surface area contributed by atoms with E-state index in [1.54, 1.807) is 6.92 Å². The molecule has 0 saturated carbocycles. The first-order valence-electron chi connectivity index (χ1n) is 10.3. The molecule has 0 radical (unpaired) electrons. The van der Waals surface area contributed by atoms with Gasteiger partial charge >= 0.3 is 5.97 Å². The number of fused-ring (bicyclic) bond motifs is 2. The molecule has 0 fully saturated rings. The Balaban J connectivity index is 2.14. The molecule has 3 aromatic rings. The van der Waals surface area contributed by atoms with Gasteiger partial charge in [-0.25, -0.2) is 4.79 Å². The second kappa shape index (κ2) is 7.56. The first kappa shape index (κ1) is 20.1. The minimum atomic E-state index is -0.407. The highest BCUT2D eigenvalue weighted by Crippen LogP contribution is 2.42. The zero-order valence-corrected chi connectivity index (χ0v) is 17.8.